The zero-order valence-corrected chi connectivity index (χ0v) is 24.3. The van der Waals surface area contributed by atoms with Crippen molar-refractivity contribution < 1.29 is 38.4 Å². The number of nitrogens with zero attached hydrogens (tertiary/aromatic N) is 2. The second-order valence-electron chi connectivity index (χ2n) is 9.99. The van der Waals surface area contributed by atoms with E-state index in [0.717, 1.165) is 32.5 Å². The first-order valence-electron chi connectivity index (χ1n) is 14.0. The molecule has 2 saturated heterocycles. The van der Waals surface area contributed by atoms with Crippen LogP contribution in [0.1, 0.15) is 43.4 Å². The average Bonchev–Trinajstić information content (AvgIpc) is 3.25. The van der Waals surface area contributed by atoms with Crippen LogP contribution in [0.5, 0.6) is 23.0 Å². The van der Waals surface area contributed by atoms with E-state index in [0.29, 0.717) is 66.9 Å². The molecule has 10 heteroatoms. The Labute approximate surface area is 241 Å². The van der Waals surface area contributed by atoms with Gasteiger partial charge in [0.2, 0.25) is 5.75 Å². The lowest BCUT2D eigenvalue weighted by atomic mass is 9.94. The SMILES string of the molecule is CCCCOc1cccc(C(O)=C2C(=O)C(=O)N(CCCN3CCOCC3)C2c2cc(OC)c(OC)c(OC)c2)c1. The monoisotopic (exact) mass is 568 g/mol. The molecule has 10 nitrogen and oxygen atoms in total. The van der Waals surface area contributed by atoms with Crippen LogP contribution in [0.2, 0.25) is 0 Å². The number of hydrogen-bond acceptors (Lipinski definition) is 9. The van der Waals surface area contributed by atoms with E-state index in [-0.39, 0.29) is 11.3 Å². The fourth-order valence-corrected chi connectivity index (χ4v) is 5.23. The lowest BCUT2D eigenvalue weighted by Gasteiger charge is -2.29. The van der Waals surface area contributed by atoms with Gasteiger partial charge in [-0.3, -0.25) is 14.5 Å². The third kappa shape index (κ3) is 6.77. The van der Waals surface area contributed by atoms with Crippen LogP contribution >= 0.6 is 0 Å². The molecule has 4 rings (SSSR count). The highest BCUT2D eigenvalue weighted by atomic mass is 16.5. The van der Waals surface area contributed by atoms with Gasteiger partial charge >= 0.3 is 0 Å². The third-order valence-electron chi connectivity index (χ3n) is 7.39. The van der Waals surface area contributed by atoms with Gasteiger partial charge in [-0.15, -0.1) is 0 Å². The van der Waals surface area contributed by atoms with Gasteiger partial charge in [-0.05, 0) is 42.7 Å². The van der Waals surface area contributed by atoms with E-state index in [9.17, 15) is 14.7 Å². The number of rotatable bonds is 13. The minimum Gasteiger partial charge on any atom is -0.507 e. The normalized spacial score (nSPS) is 18.9. The molecule has 0 aromatic heterocycles. The van der Waals surface area contributed by atoms with E-state index in [4.69, 9.17) is 23.7 Å². The number of morpholine rings is 1. The molecular weight excluding hydrogens is 528 g/mol. The fraction of sp³-hybridized carbons (Fsp3) is 0.484. The number of carbonyl (C=O) groups is 2. The molecule has 2 aromatic rings. The molecule has 2 fully saturated rings. The maximum atomic E-state index is 13.6. The predicted octanol–water partition coefficient (Wildman–Crippen LogP) is 4.04. The van der Waals surface area contributed by atoms with Gasteiger partial charge in [0.25, 0.3) is 11.7 Å². The predicted molar refractivity (Wildman–Crippen MR) is 154 cm³/mol. The Morgan fingerprint density at radius 1 is 0.976 bits per heavy atom. The summed E-state index contributed by atoms with van der Waals surface area (Å²) in [4.78, 5) is 30.8. The summed E-state index contributed by atoms with van der Waals surface area (Å²) in [6.07, 6.45) is 2.53. The molecule has 0 aliphatic carbocycles. The summed E-state index contributed by atoms with van der Waals surface area (Å²) >= 11 is 0. The fourth-order valence-electron chi connectivity index (χ4n) is 5.23. The topological polar surface area (TPSA) is 107 Å². The van der Waals surface area contributed by atoms with Crippen molar-refractivity contribution in [1.82, 2.24) is 9.80 Å². The smallest absolute Gasteiger partial charge is 0.295 e. The van der Waals surface area contributed by atoms with E-state index in [1.54, 1.807) is 36.4 Å². The zero-order chi connectivity index (χ0) is 29.4. The van der Waals surface area contributed by atoms with Crippen LogP contribution in [0, 0.1) is 0 Å². The number of ether oxygens (including phenoxy) is 5. The maximum Gasteiger partial charge on any atom is 0.295 e. The summed E-state index contributed by atoms with van der Waals surface area (Å²) in [5.41, 5.74) is 0.950. The summed E-state index contributed by atoms with van der Waals surface area (Å²) in [5, 5.41) is 11.6. The zero-order valence-electron chi connectivity index (χ0n) is 24.3. The molecule has 2 aromatic carbocycles. The largest absolute Gasteiger partial charge is 0.507 e. The Kier molecular flexibility index (Phi) is 10.5. The molecule has 2 heterocycles. The first-order chi connectivity index (χ1) is 19.9. The van der Waals surface area contributed by atoms with Crippen LogP contribution in [0.3, 0.4) is 0 Å². The lowest BCUT2D eigenvalue weighted by Crippen LogP contribution is -2.39. The standard InChI is InChI=1S/C31H40N2O8/c1-5-6-15-41-23-10-7-9-21(18-23)28(34)26-27(22-19-24(37-2)30(39-4)25(20-22)38-3)33(31(36)29(26)35)12-8-11-32-13-16-40-17-14-32/h7,9-10,18-20,27,34H,5-6,8,11-17H2,1-4H3. The van der Waals surface area contributed by atoms with Crippen LogP contribution in [-0.2, 0) is 14.3 Å². The number of hydrogen-bond donors (Lipinski definition) is 1. The second kappa shape index (κ2) is 14.2. The molecule has 0 bridgehead atoms. The minimum absolute atomic E-state index is 0.00125. The summed E-state index contributed by atoms with van der Waals surface area (Å²) in [7, 11) is 4.52. The Hall–Kier alpha value is -3.76. The van der Waals surface area contributed by atoms with Gasteiger partial charge in [0.05, 0.1) is 52.8 Å². The Morgan fingerprint density at radius 3 is 2.32 bits per heavy atom. The van der Waals surface area contributed by atoms with Crippen molar-refractivity contribution in [2.45, 2.75) is 32.2 Å². The average molecular weight is 569 g/mol. The number of ketones is 1. The highest BCUT2D eigenvalue weighted by Gasteiger charge is 2.46. The number of amides is 1. The molecule has 222 valence electrons. The Bertz CT molecular complexity index is 1230. The van der Waals surface area contributed by atoms with Crippen LogP contribution in [0.25, 0.3) is 5.76 Å². The van der Waals surface area contributed by atoms with Crippen molar-refractivity contribution in [3.05, 3.63) is 53.1 Å². The molecule has 1 atom stereocenters. The number of Topliss-reactive ketones (excluding diaryl/α,β-unsaturated/α-hetero) is 1. The number of aliphatic hydroxyl groups excluding tert-OH is 1. The number of unbranched alkanes of at least 4 members (excludes halogenated alkanes) is 1. The second-order valence-corrected chi connectivity index (χ2v) is 9.99. The molecule has 2 aliphatic heterocycles. The third-order valence-corrected chi connectivity index (χ3v) is 7.39. The van der Waals surface area contributed by atoms with E-state index in [1.807, 2.05) is 0 Å². The molecule has 41 heavy (non-hydrogen) atoms. The first-order valence-corrected chi connectivity index (χ1v) is 14.0. The van der Waals surface area contributed by atoms with Gasteiger partial charge in [-0.1, -0.05) is 25.5 Å². The minimum atomic E-state index is -0.863. The van der Waals surface area contributed by atoms with Gasteiger partial charge in [0.15, 0.2) is 11.5 Å². The van der Waals surface area contributed by atoms with Gasteiger partial charge in [0, 0.05) is 31.7 Å². The highest BCUT2D eigenvalue weighted by Crippen LogP contribution is 2.45. The van der Waals surface area contributed by atoms with Crippen LogP contribution in [0.15, 0.2) is 42.0 Å². The molecule has 2 aliphatic rings. The van der Waals surface area contributed by atoms with E-state index in [2.05, 4.69) is 11.8 Å². The number of aliphatic hydroxyl groups is 1. The summed E-state index contributed by atoms with van der Waals surface area (Å²) in [5.74, 6) is 0.0527. The van der Waals surface area contributed by atoms with Gasteiger partial charge in [-0.25, -0.2) is 0 Å². The Morgan fingerprint density at radius 2 is 1.68 bits per heavy atom. The van der Waals surface area contributed by atoms with Gasteiger partial charge < -0.3 is 33.7 Å². The van der Waals surface area contributed by atoms with Crippen molar-refractivity contribution >= 4 is 17.4 Å². The molecule has 0 spiro atoms. The van der Waals surface area contributed by atoms with Crippen molar-refractivity contribution in [3.8, 4) is 23.0 Å². The molecule has 1 amide bonds. The van der Waals surface area contributed by atoms with E-state index in [1.165, 1.54) is 26.2 Å². The van der Waals surface area contributed by atoms with Crippen LogP contribution in [-0.4, -0.2) is 93.9 Å². The molecule has 0 saturated carbocycles. The van der Waals surface area contributed by atoms with Crippen molar-refractivity contribution in [3.63, 3.8) is 0 Å². The summed E-state index contributed by atoms with van der Waals surface area (Å²) in [6.45, 7) is 6.70. The van der Waals surface area contributed by atoms with Crippen molar-refractivity contribution in [2.75, 3.05) is 67.3 Å². The van der Waals surface area contributed by atoms with Crippen LogP contribution < -0.4 is 18.9 Å². The number of likely N-dealkylation sites (tertiary alicyclic amines) is 1. The van der Waals surface area contributed by atoms with Gasteiger partial charge in [0.1, 0.15) is 11.5 Å². The quantitative estimate of drug-likeness (QED) is 0.166. The number of benzene rings is 2. The van der Waals surface area contributed by atoms with Crippen molar-refractivity contribution in [2.24, 2.45) is 0 Å². The molecule has 1 N–H and O–H groups in total. The van der Waals surface area contributed by atoms with E-state index >= 15 is 0 Å². The van der Waals surface area contributed by atoms with Crippen LogP contribution in [0.4, 0.5) is 0 Å². The number of methoxy groups -OCH3 is 3. The first kappa shape index (κ1) is 30.2. The molecular formula is C31H40N2O8. The highest BCUT2D eigenvalue weighted by molar-refractivity contribution is 6.46. The molecule has 0 radical (unpaired) electrons. The van der Waals surface area contributed by atoms with E-state index < -0.39 is 17.7 Å². The Balaban J connectivity index is 1.76. The molecule has 1 unspecified atom stereocenters. The van der Waals surface area contributed by atoms with Gasteiger partial charge in [-0.2, -0.15) is 0 Å². The number of carbonyl (C=O) groups excluding carboxylic acids is 2. The lowest BCUT2D eigenvalue weighted by molar-refractivity contribution is -0.140. The maximum absolute atomic E-state index is 13.6. The summed E-state index contributed by atoms with van der Waals surface area (Å²) < 4.78 is 27.9. The van der Waals surface area contributed by atoms with Crippen molar-refractivity contribution in [1.29, 1.82) is 0 Å². The summed E-state index contributed by atoms with van der Waals surface area (Å²) in [6, 6.07) is 9.49.